The molecule has 2 rings (SSSR count). The number of benzene rings is 2. The van der Waals surface area contributed by atoms with Gasteiger partial charge in [0, 0.05) is 26.1 Å². The van der Waals surface area contributed by atoms with Gasteiger partial charge in [-0.3, -0.25) is 13.9 Å². The molecule has 0 fully saturated rings. The highest BCUT2D eigenvalue weighted by Gasteiger charge is 2.29. The molecule has 2 aromatic rings. The molecule has 2 aromatic carbocycles. The number of unbranched alkanes of at least 4 members (excludes halogenated alkanes) is 1. The average molecular weight is 516 g/mol. The second-order valence-corrected chi connectivity index (χ2v) is 11.2. The summed E-state index contributed by atoms with van der Waals surface area (Å²) < 4.78 is 26.3. The average Bonchev–Trinajstić information content (AvgIpc) is 2.82. The third-order valence-corrected chi connectivity index (χ3v) is 7.45. The van der Waals surface area contributed by atoms with Gasteiger partial charge in [-0.1, -0.05) is 56.7 Å². The zero-order chi connectivity index (χ0) is 26.7. The Morgan fingerprint density at radius 3 is 2.33 bits per heavy atom. The summed E-state index contributed by atoms with van der Waals surface area (Å²) in [6.45, 7) is 8.97. The summed E-state index contributed by atoms with van der Waals surface area (Å²) in [4.78, 5) is 28.2. The van der Waals surface area contributed by atoms with Crippen LogP contribution in [0.15, 0.2) is 48.5 Å². The fraction of sp³-hybridized carbons (Fsp3) is 0.500. The zero-order valence-corrected chi connectivity index (χ0v) is 23.1. The van der Waals surface area contributed by atoms with E-state index < -0.39 is 16.1 Å². The quantitative estimate of drug-likeness (QED) is 0.373. The van der Waals surface area contributed by atoms with Gasteiger partial charge < -0.3 is 10.2 Å². The third-order valence-electron chi connectivity index (χ3n) is 6.26. The van der Waals surface area contributed by atoms with Crippen LogP contribution in [-0.4, -0.2) is 50.5 Å². The number of nitrogens with zero attached hydrogens (tertiary/aromatic N) is 2. The number of carbonyl (C=O) groups is 2. The van der Waals surface area contributed by atoms with Crippen LogP contribution in [0, 0.1) is 13.8 Å². The molecule has 0 heterocycles. The maximum Gasteiger partial charge on any atom is 0.242 e. The minimum absolute atomic E-state index is 0.141. The predicted molar refractivity (Wildman–Crippen MR) is 146 cm³/mol. The molecule has 0 aliphatic carbocycles. The van der Waals surface area contributed by atoms with Gasteiger partial charge in [-0.15, -0.1) is 0 Å². The van der Waals surface area contributed by atoms with Gasteiger partial charge in [-0.05, 0) is 61.9 Å². The van der Waals surface area contributed by atoms with Crippen molar-refractivity contribution in [2.24, 2.45) is 0 Å². The summed E-state index contributed by atoms with van der Waals surface area (Å²) in [6.07, 6.45) is 4.01. The van der Waals surface area contributed by atoms with Crippen LogP contribution >= 0.6 is 0 Å². The van der Waals surface area contributed by atoms with Crippen LogP contribution < -0.4 is 9.62 Å². The Morgan fingerprint density at radius 2 is 1.72 bits per heavy atom. The van der Waals surface area contributed by atoms with Crippen LogP contribution in [0.25, 0.3) is 0 Å². The van der Waals surface area contributed by atoms with E-state index in [4.69, 9.17) is 0 Å². The van der Waals surface area contributed by atoms with Gasteiger partial charge in [0.1, 0.15) is 6.04 Å². The molecular formula is C28H41N3O4S. The predicted octanol–water partition coefficient (Wildman–Crippen LogP) is 4.57. The summed E-state index contributed by atoms with van der Waals surface area (Å²) in [5, 5.41) is 2.97. The van der Waals surface area contributed by atoms with Gasteiger partial charge in [0.25, 0.3) is 0 Å². The van der Waals surface area contributed by atoms with E-state index in [0.29, 0.717) is 31.6 Å². The number of hydrogen-bond donors (Lipinski definition) is 1. The van der Waals surface area contributed by atoms with Gasteiger partial charge in [-0.2, -0.15) is 0 Å². The van der Waals surface area contributed by atoms with Crippen molar-refractivity contribution in [1.82, 2.24) is 10.2 Å². The Morgan fingerprint density at radius 1 is 1.00 bits per heavy atom. The number of hydrogen-bond acceptors (Lipinski definition) is 4. The van der Waals surface area contributed by atoms with Crippen LogP contribution in [-0.2, 0) is 26.2 Å². The van der Waals surface area contributed by atoms with E-state index in [1.807, 2.05) is 63.2 Å². The van der Waals surface area contributed by atoms with Gasteiger partial charge in [-0.25, -0.2) is 8.42 Å². The van der Waals surface area contributed by atoms with Crippen molar-refractivity contribution >= 4 is 27.5 Å². The fourth-order valence-electron chi connectivity index (χ4n) is 4.18. The molecule has 7 nitrogen and oxygen atoms in total. The molecule has 1 atom stereocenters. The Bertz CT molecular complexity index is 1120. The van der Waals surface area contributed by atoms with Gasteiger partial charge in [0.15, 0.2) is 0 Å². The molecule has 0 aliphatic heterocycles. The molecule has 0 unspecified atom stereocenters. The first-order valence-corrected chi connectivity index (χ1v) is 14.6. The Hall–Kier alpha value is -2.87. The number of nitrogens with one attached hydrogen (secondary N) is 1. The lowest BCUT2D eigenvalue weighted by Crippen LogP contribution is -2.49. The lowest BCUT2D eigenvalue weighted by molar-refractivity contribution is -0.141. The number of sulfonamides is 1. The van der Waals surface area contributed by atoms with Gasteiger partial charge >= 0.3 is 0 Å². The van der Waals surface area contributed by atoms with E-state index in [-0.39, 0.29) is 24.8 Å². The fourth-order valence-corrected chi connectivity index (χ4v) is 5.14. The molecule has 0 bridgehead atoms. The van der Waals surface area contributed by atoms with Crippen molar-refractivity contribution in [1.29, 1.82) is 0 Å². The summed E-state index contributed by atoms with van der Waals surface area (Å²) in [7, 11) is -3.51. The van der Waals surface area contributed by atoms with E-state index >= 15 is 0 Å². The Balaban J connectivity index is 2.21. The second-order valence-electron chi connectivity index (χ2n) is 9.29. The van der Waals surface area contributed by atoms with Gasteiger partial charge in [0.05, 0.1) is 11.9 Å². The van der Waals surface area contributed by atoms with E-state index in [1.165, 1.54) is 10.6 Å². The normalized spacial score (nSPS) is 12.1. The van der Waals surface area contributed by atoms with Crippen LogP contribution in [0.5, 0.6) is 0 Å². The van der Waals surface area contributed by atoms with Crippen molar-refractivity contribution in [3.8, 4) is 0 Å². The number of carbonyl (C=O) groups excluding carboxylic acids is 2. The van der Waals surface area contributed by atoms with Crippen molar-refractivity contribution in [3.63, 3.8) is 0 Å². The first-order chi connectivity index (χ1) is 17.1. The smallest absolute Gasteiger partial charge is 0.242 e. The molecule has 0 radical (unpaired) electrons. The number of amides is 2. The maximum atomic E-state index is 13.5. The molecular weight excluding hydrogens is 474 g/mol. The maximum absolute atomic E-state index is 13.5. The van der Waals surface area contributed by atoms with Crippen LogP contribution in [0.4, 0.5) is 5.69 Å². The highest BCUT2D eigenvalue weighted by Crippen LogP contribution is 2.21. The lowest BCUT2D eigenvalue weighted by Gasteiger charge is -2.31. The minimum Gasteiger partial charge on any atom is -0.354 e. The van der Waals surface area contributed by atoms with Crippen LogP contribution in [0.2, 0.25) is 0 Å². The molecule has 0 aromatic heterocycles. The molecule has 198 valence electrons. The molecule has 36 heavy (non-hydrogen) atoms. The topological polar surface area (TPSA) is 86.8 Å². The largest absolute Gasteiger partial charge is 0.354 e. The Labute approximate surface area is 216 Å². The number of anilines is 1. The van der Waals surface area contributed by atoms with E-state index in [2.05, 4.69) is 12.2 Å². The number of aryl methyl sites for hydroxylation is 2. The summed E-state index contributed by atoms with van der Waals surface area (Å²) in [6, 6.07) is 14.6. The van der Waals surface area contributed by atoms with E-state index in [0.717, 1.165) is 29.5 Å². The van der Waals surface area contributed by atoms with Crippen LogP contribution in [0.3, 0.4) is 0 Å². The van der Waals surface area contributed by atoms with Crippen molar-refractivity contribution in [2.75, 3.05) is 23.7 Å². The van der Waals surface area contributed by atoms with Crippen molar-refractivity contribution < 1.29 is 18.0 Å². The van der Waals surface area contributed by atoms with Crippen molar-refractivity contribution in [2.45, 2.75) is 72.4 Å². The molecule has 0 saturated carbocycles. The van der Waals surface area contributed by atoms with E-state index in [1.54, 1.807) is 11.0 Å². The molecule has 0 saturated heterocycles. The summed E-state index contributed by atoms with van der Waals surface area (Å²) in [5.41, 5.74) is 3.59. The highest BCUT2D eigenvalue weighted by molar-refractivity contribution is 7.92. The SMILES string of the molecule is CCCCNC(=O)[C@H](CC)N(Cc1ccccc1C)C(=O)CCCN(c1cccc(C)c1)S(C)(=O)=O. The lowest BCUT2D eigenvalue weighted by atomic mass is 10.1. The monoisotopic (exact) mass is 515 g/mol. The number of rotatable bonds is 14. The highest BCUT2D eigenvalue weighted by atomic mass is 32.2. The standard InChI is InChI=1S/C28H41N3O4S/c1-6-8-18-29-28(33)26(7-2)30(21-24-15-10-9-14-23(24)4)27(32)17-12-19-31(36(5,34)35)25-16-11-13-22(3)20-25/h9-11,13-16,20,26H,6-8,12,17-19,21H2,1-5H3,(H,29,33)/t26-/m0/s1. The minimum atomic E-state index is -3.51. The van der Waals surface area contributed by atoms with Crippen LogP contribution in [0.1, 0.15) is 62.6 Å². The molecule has 0 spiro atoms. The van der Waals surface area contributed by atoms with Crippen molar-refractivity contribution in [3.05, 3.63) is 65.2 Å². The molecule has 8 heteroatoms. The summed E-state index contributed by atoms with van der Waals surface area (Å²) >= 11 is 0. The molecule has 1 N–H and O–H groups in total. The van der Waals surface area contributed by atoms with Gasteiger partial charge in [0.2, 0.25) is 21.8 Å². The third kappa shape index (κ3) is 8.66. The first-order valence-electron chi connectivity index (χ1n) is 12.7. The Kier molecular flexibility index (Phi) is 11.4. The van der Waals surface area contributed by atoms with E-state index in [9.17, 15) is 18.0 Å². The first kappa shape index (κ1) is 29.4. The molecule has 2 amide bonds. The molecule has 0 aliphatic rings. The zero-order valence-electron chi connectivity index (χ0n) is 22.3. The summed E-state index contributed by atoms with van der Waals surface area (Å²) in [5.74, 6) is -0.307. The second kappa shape index (κ2) is 14.0.